The molecule has 0 aliphatic rings. The summed E-state index contributed by atoms with van der Waals surface area (Å²) in [5.41, 5.74) is 0.218. The van der Waals surface area contributed by atoms with Crippen molar-refractivity contribution in [3.05, 3.63) is 28.8 Å². The number of hydrogen-bond donors (Lipinski definition) is 0. The smallest absolute Gasteiger partial charge is 0.157 e. The summed E-state index contributed by atoms with van der Waals surface area (Å²) in [7, 11) is 0. The Morgan fingerprint density at radius 3 is 3.00 bits per heavy atom. The normalized spacial score (nSPS) is 8.92. The maximum absolute atomic E-state index is 12.8. The van der Waals surface area contributed by atoms with Gasteiger partial charge < -0.3 is 0 Å². The number of nitrogens with zero attached hydrogens (tertiary/aromatic N) is 1. The van der Waals surface area contributed by atoms with E-state index in [1.54, 1.807) is 0 Å². The summed E-state index contributed by atoms with van der Waals surface area (Å²) in [5, 5.41) is 0.218. The van der Waals surface area contributed by atoms with Crippen LogP contribution in [-0.2, 0) is 0 Å². The molecule has 1 heterocycles. The Bertz CT molecular complexity index is 341. The third-order valence-electron chi connectivity index (χ3n) is 1.11. The molecule has 0 fully saturated rings. The molecule has 0 saturated carbocycles. The molecule has 0 unspecified atom stereocenters. The molecule has 0 saturated heterocycles. The molecule has 1 rings (SSSR count). The van der Waals surface area contributed by atoms with Gasteiger partial charge in [-0.25, -0.2) is 9.37 Å². The first-order valence-electron chi connectivity index (χ1n) is 3.10. The molecule has 0 aromatic carbocycles. The van der Waals surface area contributed by atoms with E-state index in [9.17, 15) is 4.39 Å². The first-order chi connectivity index (χ1) is 5.74. The largest absolute Gasteiger partial charge is 0.241 e. The topological polar surface area (TPSA) is 12.9 Å². The molecule has 0 spiro atoms. The van der Waals surface area contributed by atoms with Crippen molar-refractivity contribution in [2.45, 2.75) is 0 Å². The minimum atomic E-state index is -0.489. The van der Waals surface area contributed by atoms with Crippen molar-refractivity contribution in [1.29, 1.82) is 0 Å². The standard InChI is InChI=1S/C8H4Cl2FN/c9-3-1-2-6-4-8(10)12-5-7(6)11/h4-5H,3H2. The molecule has 0 radical (unpaired) electrons. The van der Waals surface area contributed by atoms with Crippen molar-refractivity contribution in [3.8, 4) is 11.8 Å². The second-order valence-corrected chi connectivity index (χ2v) is 2.58. The molecule has 4 heteroatoms. The van der Waals surface area contributed by atoms with Crippen LogP contribution in [0, 0.1) is 17.7 Å². The molecule has 62 valence electrons. The Labute approximate surface area is 79.5 Å². The zero-order chi connectivity index (χ0) is 8.97. The summed E-state index contributed by atoms with van der Waals surface area (Å²) in [6, 6.07) is 1.36. The van der Waals surface area contributed by atoms with Crippen molar-refractivity contribution in [2.75, 3.05) is 5.88 Å². The molecule has 12 heavy (non-hydrogen) atoms. The maximum Gasteiger partial charge on any atom is 0.157 e. The molecular weight excluding hydrogens is 200 g/mol. The minimum Gasteiger partial charge on any atom is -0.241 e. The highest BCUT2D eigenvalue weighted by Crippen LogP contribution is 2.09. The van der Waals surface area contributed by atoms with Crippen LogP contribution in [0.5, 0.6) is 0 Å². The van der Waals surface area contributed by atoms with Crippen LogP contribution >= 0.6 is 23.2 Å². The monoisotopic (exact) mass is 203 g/mol. The van der Waals surface area contributed by atoms with E-state index in [2.05, 4.69) is 16.8 Å². The van der Waals surface area contributed by atoms with Gasteiger partial charge >= 0.3 is 0 Å². The van der Waals surface area contributed by atoms with Crippen molar-refractivity contribution in [3.63, 3.8) is 0 Å². The highest BCUT2D eigenvalue weighted by molar-refractivity contribution is 6.29. The lowest BCUT2D eigenvalue weighted by atomic mass is 10.2. The molecule has 0 N–H and O–H groups in total. The highest BCUT2D eigenvalue weighted by atomic mass is 35.5. The number of rotatable bonds is 0. The van der Waals surface area contributed by atoms with E-state index < -0.39 is 5.82 Å². The zero-order valence-corrected chi connectivity index (χ0v) is 7.45. The van der Waals surface area contributed by atoms with Gasteiger partial charge in [-0.2, -0.15) is 0 Å². The number of pyridine rings is 1. The Kier molecular flexibility index (Phi) is 3.33. The van der Waals surface area contributed by atoms with E-state index in [1.165, 1.54) is 6.07 Å². The predicted molar refractivity (Wildman–Crippen MR) is 46.8 cm³/mol. The van der Waals surface area contributed by atoms with Crippen LogP contribution in [0.25, 0.3) is 0 Å². The summed E-state index contributed by atoms with van der Waals surface area (Å²) in [5.74, 6) is 4.72. The van der Waals surface area contributed by atoms with Gasteiger partial charge in [0, 0.05) is 0 Å². The number of halogens is 3. The predicted octanol–water partition coefficient (Wildman–Crippen LogP) is 2.46. The molecule has 0 bridgehead atoms. The van der Waals surface area contributed by atoms with Crippen molar-refractivity contribution in [1.82, 2.24) is 4.98 Å². The van der Waals surface area contributed by atoms with E-state index in [4.69, 9.17) is 23.2 Å². The first-order valence-corrected chi connectivity index (χ1v) is 4.01. The van der Waals surface area contributed by atoms with Crippen LogP contribution in [-0.4, -0.2) is 10.9 Å². The maximum atomic E-state index is 12.8. The van der Waals surface area contributed by atoms with E-state index in [0.717, 1.165) is 6.20 Å². The summed E-state index contributed by atoms with van der Waals surface area (Å²) in [4.78, 5) is 3.54. The molecule has 0 aliphatic carbocycles. The molecule has 0 atom stereocenters. The number of hydrogen-bond acceptors (Lipinski definition) is 1. The van der Waals surface area contributed by atoms with Gasteiger partial charge in [0.1, 0.15) is 5.15 Å². The fraction of sp³-hybridized carbons (Fsp3) is 0.125. The van der Waals surface area contributed by atoms with Gasteiger partial charge in [0.15, 0.2) is 5.82 Å². The molecule has 1 nitrogen and oxygen atoms in total. The Hall–Kier alpha value is -0.780. The third-order valence-corrected chi connectivity index (χ3v) is 1.45. The summed E-state index contributed by atoms with van der Waals surface area (Å²) >= 11 is 10.8. The Morgan fingerprint density at radius 2 is 2.33 bits per heavy atom. The SMILES string of the molecule is Fc1cnc(Cl)cc1C#CCCl. The summed E-state index contributed by atoms with van der Waals surface area (Å²) in [6.07, 6.45) is 1.03. The highest BCUT2D eigenvalue weighted by Gasteiger charge is 1.99. The van der Waals surface area contributed by atoms with Crippen LogP contribution in [0.3, 0.4) is 0 Å². The average Bonchev–Trinajstić information content (AvgIpc) is 2.07. The van der Waals surface area contributed by atoms with Crippen LogP contribution in [0.1, 0.15) is 5.56 Å². The lowest BCUT2D eigenvalue weighted by molar-refractivity contribution is 0.618. The van der Waals surface area contributed by atoms with Gasteiger partial charge in [-0.05, 0) is 6.07 Å². The van der Waals surface area contributed by atoms with Gasteiger partial charge in [0.2, 0.25) is 0 Å². The van der Waals surface area contributed by atoms with E-state index in [0.29, 0.717) is 0 Å². The molecule has 1 aromatic heterocycles. The van der Waals surface area contributed by atoms with Gasteiger partial charge in [-0.3, -0.25) is 0 Å². The van der Waals surface area contributed by atoms with E-state index in [-0.39, 0.29) is 16.6 Å². The second-order valence-electron chi connectivity index (χ2n) is 1.92. The van der Waals surface area contributed by atoms with Crippen molar-refractivity contribution in [2.24, 2.45) is 0 Å². The Balaban J connectivity index is 3.05. The fourth-order valence-electron chi connectivity index (χ4n) is 0.638. The van der Waals surface area contributed by atoms with Crippen LogP contribution in [0.2, 0.25) is 5.15 Å². The van der Waals surface area contributed by atoms with E-state index >= 15 is 0 Å². The average molecular weight is 204 g/mol. The summed E-state index contributed by atoms with van der Waals surface area (Å²) < 4.78 is 12.8. The number of aromatic nitrogens is 1. The quantitative estimate of drug-likeness (QED) is 0.359. The van der Waals surface area contributed by atoms with Gasteiger partial charge in [-0.1, -0.05) is 23.4 Å². The second kappa shape index (κ2) is 4.30. The summed E-state index contributed by atoms with van der Waals surface area (Å²) in [6.45, 7) is 0. The molecule has 0 amide bonds. The van der Waals surface area contributed by atoms with Gasteiger partial charge in [0.05, 0.1) is 17.6 Å². The zero-order valence-electron chi connectivity index (χ0n) is 5.94. The van der Waals surface area contributed by atoms with Crippen LogP contribution in [0.15, 0.2) is 12.3 Å². The Morgan fingerprint density at radius 1 is 1.58 bits per heavy atom. The minimum absolute atomic E-state index is 0.166. The lowest BCUT2D eigenvalue weighted by Crippen LogP contribution is -1.86. The number of alkyl halides is 1. The molecule has 1 aromatic rings. The van der Waals surface area contributed by atoms with E-state index in [1.807, 2.05) is 0 Å². The lowest BCUT2D eigenvalue weighted by Gasteiger charge is -1.92. The van der Waals surface area contributed by atoms with Gasteiger partial charge in [0.25, 0.3) is 0 Å². The van der Waals surface area contributed by atoms with Crippen LogP contribution in [0.4, 0.5) is 4.39 Å². The van der Waals surface area contributed by atoms with Crippen molar-refractivity contribution >= 4 is 23.2 Å². The molecule has 0 aliphatic heterocycles. The fourth-order valence-corrected chi connectivity index (χ4v) is 0.862. The molecular formula is C8H4Cl2FN. The van der Waals surface area contributed by atoms with Crippen molar-refractivity contribution < 1.29 is 4.39 Å². The van der Waals surface area contributed by atoms with Crippen LogP contribution < -0.4 is 0 Å². The van der Waals surface area contributed by atoms with Gasteiger partial charge in [-0.15, -0.1) is 11.6 Å². The first kappa shape index (κ1) is 9.31. The third kappa shape index (κ3) is 2.37.